The fourth-order valence-corrected chi connectivity index (χ4v) is 2.90. The van der Waals surface area contributed by atoms with Gasteiger partial charge in [0.25, 0.3) is 0 Å². The number of hydrogen-bond donors (Lipinski definition) is 1. The third kappa shape index (κ3) is 3.22. The largest absolute Gasteiger partial charge is 0.478 e. The van der Waals surface area contributed by atoms with Crippen LogP contribution in [0.25, 0.3) is 0 Å². The number of hydrogen-bond acceptors (Lipinski definition) is 5. The molecule has 0 spiro atoms. The third-order valence-corrected chi connectivity index (χ3v) is 4.46. The molecule has 0 radical (unpaired) electrons. The van der Waals surface area contributed by atoms with Gasteiger partial charge in [0, 0.05) is 44.2 Å². The number of aromatic nitrogens is 2. The average Bonchev–Trinajstić information content (AvgIpc) is 3.27. The molecule has 0 amide bonds. The van der Waals surface area contributed by atoms with Gasteiger partial charge in [0.05, 0.1) is 11.3 Å². The van der Waals surface area contributed by atoms with Crippen LogP contribution in [0.3, 0.4) is 0 Å². The molecular formula is C15H22N4O2. The van der Waals surface area contributed by atoms with Crippen LogP contribution in [0.5, 0.6) is 0 Å². The van der Waals surface area contributed by atoms with Crippen molar-refractivity contribution in [2.75, 3.05) is 33.7 Å². The highest BCUT2D eigenvalue weighted by Crippen LogP contribution is 2.40. The van der Waals surface area contributed by atoms with E-state index in [0.29, 0.717) is 12.0 Å². The van der Waals surface area contributed by atoms with Crippen LogP contribution in [-0.4, -0.2) is 70.6 Å². The Bertz CT molecular complexity index is 544. The van der Waals surface area contributed by atoms with E-state index >= 15 is 0 Å². The summed E-state index contributed by atoms with van der Waals surface area (Å²) >= 11 is 0. The minimum Gasteiger partial charge on any atom is -0.478 e. The Morgan fingerprint density at radius 3 is 2.81 bits per heavy atom. The summed E-state index contributed by atoms with van der Waals surface area (Å²) in [7, 11) is 4.26. The van der Waals surface area contributed by atoms with Crippen LogP contribution in [-0.2, 0) is 6.42 Å². The maximum atomic E-state index is 11.3. The minimum absolute atomic E-state index is 0.273. The lowest BCUT2D eigenvalue weighted by atomic mass is 10.1. The van der Waals surface area contributed by atoms with Crippen LogP contribution in [0.4, 0.5) is 0 Å². The fraction of sp³-hybridized carbons (Fsp3) is 0.667. The second-order valence-electron chi connectivity index (χ2n) is 6.27. The van der Waals surface area contributed by atoms with Gasteiger partial charge in [-0.2, -0.15) is 0 Å². The lowest BCUT2D eigenvalue weighted by molar-refractivity contribution is 0.0694. The predicted molar refractivity (Wildman–Crippen MR) is 78.6 cm³/mol. The Kier molecular flexibility index (Phi) is 3.91. The molecule has 1 aliphatic heterocycles. The Morgan fingerprint density at radius 1 is 1.38 bits per heavy atom. The molecule has 2 aliphatic rings. The zero-order valence-electron chi connectivity index (χ0n) is 12.6. The highest BCUT2D eigenvalue weighted by atomic mass is 16.4. The van der Waals surface area contributed by atoms with Gasteiger partial charge < -0.3 is 14.9 Å². The minimum atomic E-state index is -0.919. The Morgan fingerprint density at radius 2 is 2.14 bits per heavy atom. The highest BCUT2D eigenvalue weighted by Gasteiger charge is 2.31. The third-order valence-electron chi connectivity index (χ3n) is 4.46. The van der Waals surface area contributed by atoms with E-state index in [1.807, 2.05) is 0 Å². The van der Waals surface area contributed by atoms with Gasteiger partial charge in [-0.05, 0) is 26.9 Å². The first-order chi connectivity index (χ1) is 10.0. The molecule has 21 heavy (non-hydrogen) atoms. The molecule has 1 aromatic rings. The van der Waals surface area contributed by atoms with Gasteiger partial charge in [0.1, 0.15) is 5.82 Å². The summed E-state index contributed by atoms with van der Waals surface area (Å²) in [5.41, 5.74) is 1.01. The quantitative estimate of drug-likeness (QED) is 0.886. The van der Waals surface area contributed by atoms with Gasteiger partial charge in [-0.1, -0.05) is 0 Å². The van der Waals surface area contributed by atoms with E-state index in [1.165, 1.54) is 6.20 Å². The Balaban J connectivity index is 1.79. The smallest absolute Gasteiger partial charge is 0.339 e. The molecule has 3 rings (SSSR count). The van der Waals surface area contributed by atoms with E-state index in [4.69, 9.17) is 0 Å². The van der Waals surface area contributed by atoms with E-state index < -0.39 is 5.97 Å². The fourth-order valence-electron chi connectivity index (χ4n) is 2.90. The van der Waals surface area contributed by atoms with Gasteiger partial charge in [0.2, 0.25) is 0 Å². The van der Waals surface area contributed by atoms with Crippen LogP contribution < -0.4 is 0 Å². The molecule has 1 aliphatic carbocycles. The summed E-state index contributed by atoms with van der Waals surface area (Å²) in [4.78, 5) is 24.8. The predicted octanol–water partition coefficient (Wildman–Crippen LogP) is 0.840. The first kappa shape index (κ1) is 14.4. The van der Waals surface area contributed by atoms with Gasteiger partial charge in [-0.3, -0.25) is 0 Å². The first-order valence-corrected chi connectivity index (χ1v) is 7.52. The van der Waals surface area contributed by atoms with Crippen molar-refractivity contribution in [1.29, 1.82) is 0 Å². The zero-order valence-corrected chi connectivity index (χ0v) is 12.6. The number of carbonyl (C=O) groups is 1. The van der Waals surface area contributed by atoms with Crippen molar-refractivity contribution in [3.63, 3.8) is 0 Å². The van der Waals surface area contributed by atoms with Crippen molar-refractivity contribution in [3.8, 4) is 0 Å². The maximum absolute atomic E-state index is 11.3. The molecule has 1 unspecified atom stereocenters. The molecule has 6 nitrogen and oxygen atoms in total. The number of carboxylic acid groups (broad SMARTS) is 1. The molecule has 0 bridgehead atoms. The summed E-state index contributed by atoms with van der Waals surface area (Å²) in [6.45, 7) is 3.13. The monoisotopic (exact) mass is 290 g/mol. The molecule has 6 heteroatoms. The van der Waals surface area contributed by atoms with Crippen molar-refractivity contribution in [3.05, 3.63) is 23.3 Å². The average molecular weight is 290 g/mol. The summed E-state index contributed by atoms with van der Waals surface area (Å²) in [5, 5.41) is 9.24. The van der Waals surface area contributed by atoms with Crippen molar-refractivity contribution < 1.29 is 9.90 Å². The van der Waals surface area contributed by atoms with Gasteiger partial charge in [-0.15, -0.1) is 0 Å². The molecule has 1 atom stereocenters. The summed E-state index contributed by atoms with van der Waals surface area (Å²) in [5.74, 6) is 0.177. The molecule has 1 N–H and O–H groups in total. The normalized spacial score (nSPS) is 24.2. The number of piperazine rings is 1. The van der Waals surface area contributed by atoms with Crippen LogP contribution in [0, 0.1) is 0 Å². The Labute approximate surface area is 124 Å². The molecule has 114 valence electrons. The summed E-state index contributed by atoms with van der Waals surface area (Å²) < 4.78 is 0. The van der Waals surface area contributed by atoms with E-state index in [1.54, 1.807) is 0 Å². The van der Waals surface area contributed by atoms with Gasteiger partial charge in [-0.25, -0.2) is 14.8 Å². The zero-order chi connectivity index (χ0) is 15.0. The second kappa shape index (κ2) is 5.69. The molecule has 2 heterocycles. The number of carboxylic acids is 1. The van der Waals surface area contributed by atoms with Crippen LogP contribution >= 0.6 is 0 Å². The van der Waals surface area contributed by atoms with E-state index in [-0.39, 0.29) is 5.56 Å². The molecule has 1 saturated heterocycles. The second-order valence-corrected chi connectivity index (χ2v) is 6.27. The first-order valence-electron chi connectivity index (χ1n) is 7.52. The highest BCUT2D eigenvalue weighted by molar-refractivity contribution is 5.88. The molecule has 0 aromatic carbocycles. The van der Waals surface area contributed by atoms with E-state index in [0.717, 1.165) is 50.4 Å². The van der Waals surface area contributed by atoms with Crippen LogP contribution in [0.2, 0.25) is 0 Å². The van der Waals surface area contributed by atoms with Crippen molar-refractivity contribution in [1.82, 2.24) is 19.8 Å². The molecule has 1 aromatic heterocycles. The molecule has 2 fully saturated rings. The molecular weight excluding hydrogens is 268 g/mol. The topological polar surface area (TPSA) is 69.6 Å². The molecule has 1 saturated carbocycles. The maximum Gasteiger partial charge on any atom is 0.339 e. The van der Waals surface area contributed by atoms with E-state index in [9.17, 15) is 9.90 Å². The number of aromatic carboxylic acids is 1. The number of rotatable bonds is 4. The van der Waals surface area contributed by atoms with Crippen molar-refractivity contribution in [2.45, 2.75) is 31.2 Å². The SMILES string of the molecule is CN1CCN(C)C(Cc2ncc(C(=O)O)c(C3CC3)n2)C1. The van der Waals surface area contributed by atoms with Crippen molar-refractivity contribution in [2.24, 2.45) is 0 Å². The lowest BCUT2D eigenvalue weighted by Crippen LogP contribution is -2.51. The van der Waals surface area contributed by atoms with Crippen molar-refractivity contribution >= 4 is 5.97 Å². The number of nitrogens with zero attached hydrogens (tertiary/aromatic N) is 4. The lowest BCUT2D eigenvalue weighted by Gasteiger charge is -2.37. The van der Waals surface area contributed by atoms with E-state index in [2.05, 4.69) is 33.9 Å². The number of likely N-dealkylation sites (N-methyl/N-ethyl adjacent to an activating group) is 2. The standard InChI is InChI=1S/C15H22N4O2/c1-18-5-6-19(2)11(9-18)7-13-16-8-12(15(20)21)14(17-13)10-3-4-10/h8,10-11H,3-7,9H2,1-2H3,(H,20,21). The summed E-state index contributed by atoms with van der Waals surface area (Å²) in [6.07, 6.45) is 4.36. The Hall–Kier alpha value is -1.53. The van der Waals surface area contributed by atoms with Crippen LogP contribution in [0.15, 0.2) is 6.20 Å². The van der Waals surface area contributed by atoms with Gasteiger partial charge in [0.15, 0.2) is 0 Å². The van der Waals surface area contributed by atoms with Gasteiger partial charge >= 0.3 is 5.97 Å². The summed E-state index contributed by atoms with van der Waals surface area (Å²) in [6, 6.07) is 0.395. The van der Waals surface area contributed by atoms with Crippen LogP contribution in [0.1, 0.15) is 40.6 Å².